The van der Waals surface area contributed by atoms with Crippen LogP contribution in [0.4, 0.5) is 11.4 Å². The maximum atomic E-state index is 12.7. The van der Waals surface area contributed by atoms with Crippen molar-refractivity contribution >= 4 is 29.1 Å². The number of primary amides is 1. The number of anilines is 2. The SMILES string of the molecule is CCOc1ccc(NC(=O)c2ccc(NC(=O)CN3Cc4ccccc4C[C@H]3C(N)=O)cc2)cc1. The van der Waals surface area contributed by atoms with Gasteiger partial charge in [0.05, 0.1) is 19.2 Å². The molecule has 1 atom stereocenters. The van der Waals surface area contributed by atoms with Crippen molar-refractivity contribution in [1.29, 1.82) is 0 Å². The van der Waals surface area contributed by atoms with Crippen LogP contribution >= 0.6 is 0 Å². The van der Waals surface area contributed by atoms with Gasteiger partial charge in [-0.25, -0.2) is 0 Å². The van der Waals surface area contributed by atoms with E-state index >= 15 is 0 Å². The first-order valence-corrected chi connectivity index (χ1v) is 11.5. The summed E-state index contributed by atoms with van der Waals surface area (Å²) in [5.74, 6) is -0.234. The van der Waals surface area contributed by atoms with E-state index in [1.165, 1.54) is 0 Å². The summed E-state index contributed by atoms with van der Waals surface area (Å²) >= 11 is 0. The van der Waals surface area contributed by atoms with E-state index in [0.717, 1.165) is 16.9 Å². The number of nitrogens with two attached hydrogens (primary N) is 1. The van der Waals surface area contributed by atoms with Crippen LogP contribution in [0.2, 0.25) is 0 Å². The van der Waals surface area contributed by atoms with Gasteiger partial charge in [0.15, 0.2) is 0 Å². The third kappa shape index (κ3) is 6.04. The molecule has 3 aromatic rings. The van der Waals surface area contributed by atoms with E-state index in [9.17, 15) is 14.4 Å². The van der Waals surface area contributed by atoms with Gasteiger partial charge in [-0.3, -0.25) is 19.3 Å². The second-order valence-electron chi connectivity index (χ2n) is 8.33. The number of fused-ring (bicyclic) bond motifs is 1. The molecular formula is C27H28N4O4. The Morgan fingerprint density at radius 3 is 2.20 bits per heavy atom. The molecule has 4 N–H and O–H groups in total. The molecule has 1 heterocycles. The number of benzene rings is 3. The van der Waals surface area contributed by atoms with Crippen LogP contribution in [-0.4, -0.2) is 41.8 Å². The zero-order valence-corrected chi connectivity index (χ0v) is 19.5. The summed E-state index contributed by atoms with van der Waals surface area (Å²) in [6.45, 7) is 2.99. The Morgan fingerprint density at radius 2 is 1.54 bits per heavy atom. The van der Waals surface area contributed by atoms with Gasteiger partial charge < -0.3 is 21.1 Å². The first-order valence-electron chi connectivity index (χ1n) is 11.5. The fraction of sp³-hybridized carbons (Fsp3) is 0.222. The highest BCUT2D eigenvalue weighted by Gasteiger charge is 2.31. The number of carbonyl (C=O) groups excluding carboxylic acids is 3. The average Bonchev–Trinajstić information content (AvgIpc) is 2.85. The fourth-order valence-electron chi connectivity index (χ4n) is 4.12. The second-order valence-corrected chi connectivity index (χ2v) is 8.33. The zero-order chi connectivity index (χ0) is 24.8. The summed E-state index contributed by atoms with van der Waals surface area (Å²) in [7, 11) is 0. The Kier molecular flexibility index (Phi) is 7.42. The Balaban J connectivity index is 1.34. The van der Waals surface area contributed by atoms with Crippen molar-refractivity contribution in [2.75, 3.05) is 23.8 Å². The van der Waals surface area contributed by atoms with Crippen LogP contribution in [0.25, 0.3) is 0 Å². The predicted molar refractivity (Wildman–Crippen MR) is 134 cm³/mol. The summed E-state index contributed by atoms with van der Waals surface area (Å²) in [6.07, 6.45) is 0.483. The van der Waals surface area contributed by atoms with E-state index in [-0.39, 0.29) is 18.4 Å². The Morgan fingerprint density at radius 1 is 0.914 bits per heavy atom. The molecule has 0 aromatic heterocycles. The first kappa shape index (κ1) is 24.0. The highest BCUT2D eigenvalue weighted by Crippen LogP contribution is 2.23. The van der Waals surface area contributed by atoms with Crippen LogP contribution in [0.5, 0.6) is 5.75 Å². The summed E-state index contributed by atoms with van der Waals surface area (Å²) in [5, 5.41) is 5.66. The van der Waals surface area contributed by atoms with Gasteiger partial charge in [0, 0.05) is 23.5 Å². The van der Waals surface area contributed by atoms with E-state index in [1.54, 1.807) is 53.4 Å². The van der Waals surface area contributed by atoms with Crippen molar-refractivity contribution in [3.05, 3.63) is 89.5 Å². The number of amides is 3. The van der Waals surface area contributed by atoms with Crippen molar-refractivity contribution in [2.45, 2.75) is 25.9 Å². The Bertz CT molecular complexity index is 1210. The van der Waals surface area contributed by atoms with Crippen molar-refractivity contribution in [1.82, 2.24) is 4.90 Å². The van der Waals surface area contributed by atoms with E-state index in [0.29, 0.717) is 36.5 Å². The number of nitrogens with zero attached hydrogens (tertiary/aromatic N) is 1. The number of hydrogen-bond donors (Lipinski definition) is 3. The largest absolute Gasteiger partial charge is 0.494 e. The third-order valence-electron chi connectivity index (χ3n) is 5.88. The molecule has 3 amide bonds. The molecule has 0 spiro atoms. The highest BCUT2D eigenvalue weighted by molar-refractivity contribution is 6.04. The predicted octanol–water partition coefficient (Wildman–Crippen LogP) is 3.19. The van der Waals surface area contributed by atoms with Crippen LogP contribution in [0, 0.1) is 0 Å². The number of ether oxygens (including phenoxy) is 1. The van der Waals surface area contributed by atoms with Crippen molar-refractivity contribution < 1.29 is 19.1 Å². The van der Waals surface area contributed by atoms with Gasteiger partial charge in [-0.05, 0) is 73.0 Å². The van der Waals surface area contributed by atoms with Gasteiger partial charge in [0.2, 0.25) is 11.8 Å². The van der Waals surface area contributed by atoms with E-state index < -0.39 is 11.9 Å². The minimum Gasteiger partial charge on any atom is -0.494 e. The van der Waals surface area contributed by atoms with Crippen molar-refractivity contribution in [2.24, 2.45) is 5.73 Å². The van der Waals surface area contributed by atoms with Crippen molar-refractivity contribution in [3.63, 3.8) is 0 Å². The molecule has 8 nitrogen and oxygen atoms in total. The maximum Gasteiger partial charge on any atom is 0.255 e. The fourth-order valence-corrected chi connectivity index (χ4v) is 4.12. The van der Waals surface area contributed by atoms with Gasteiger partial charge in [-0.1, -0.05) is 24.3 Å². The lowest BCUT2D eigenvalue weighted by atomic mass is 9.93. The molecule has 0 aliphatic carbocycles. The lowest BCUT2D eigenvalue weighted by Gasteiger charge is -2.34. The number of hydrogen-bond acceptors (Lipinski definition) is 5. The number of rotatable bonds is 8. The van der Waals surface area contributed by atoms with Crippen molar-refractivity contribution in [3.8, 4) is 5.75 Å². The van der Waals surface area contributed by atoms with Gasteiger partial charge in [-0.2, -0.15) is 0 Å². The Labute approximate surface area is 204 Å². The van der Waals surface area contributed by atoms with Crippen LogP contribution in [-0.2, 0) is 22.6 Å². The van der Waals surface area contributed by atoms with Crippen LogP contribution in [0.15, 0.2) is 72.8 Å². The summed E-state index contributed by atoms with van der Waals surface area (Å²) in [6, 6.07) is 21.1. The van der Waals surface area contributed by atoms with Gasteiger partial charge in [-0.15, -0.1) is 0 Å². The normalized spacial score (nSPS) is 15.1. The molecule has 4 rings (SSSR count). The van der Waals surface area contributed by atoms with E-state index in [1.807, 2.05) is 31.2 Å². The molecule has 35 heavy (non-hydrogen) atoms. The molecule has 0 radical (unpaired) electrons. The maximum absolute atomic E-state index is 12.7. The molecular weight excluding hydrogens is 444 g/mol. The van der Waals surface area contributed by atoms with E-state index in [2.05, 4.69) is 10.6 Å². The molecule has 0 unspecified atom stereocenters. The number of carbonyl (C=O) groups is 3. The zero-order valence-electron chi connectivity index (χ0n) is 19.5. The third-order valence-corrected chi connectivity index (χ3v) is 5.88. The molecule has 1 aliphatic heterocycles. The minimum atomic E-state index is -0.538. The molecule has 0 fully saturated rings. The average molecular weight is 473 g/mol. The number of nitrogens with one attached hydrogen (secondary N) is 2. The first-order chi connectivity index (χ1) is 16.9. The Hall–Kier alpha value is -4.17. The minimum absolute atomic E-state index is 0.0297. The molecule has 1 aliphatic rings. The van der Waals surface area contributed by atoms with E-state index in [4.69, 9.17) is 10.5 Å². The molecule has 0 saturated carbocycles. The van der Waals surface area contributed by atoms with Gasteiger partial charge in [0.25, 0.3) is 5.91 Å². The summed E-state index contributed by atoms with van der Waals surface area (Å²) < 4.78 is 5.40. The van der Waals surface area contributed by atoms with Crippen LogP contribution in [0.1, 0.15) is 28.4 Å². The van der Waals surface area contributed by atoms with Crippen LogP contribution in [0.3, 0.4) is 0 Å². The smallest absolute Gasteiger partial charge is 0.255 e. The molecule has 8 heteroatoms. The topological polar surface area (TPSA) is 114 Å². The van der Waals surface area contributed by atoms with Gasteiger partial charge >= 0.3 is 0 Å². The van der Waals surface area contributed by atoms with Crippen LogP contribution < -0.4 is 21.1 Å². The second kappa shape index (κ2) is 10.8. The van der Waals surface area contributed by atoms with Gasteiger partial charge in [0.1, 0.15) is 5.75 Å². The lowest BCUT2D eigenvalue weighted by molar-refractivity contribution is -0.125. The molecule has 0 bridgehead atoms. The monoisotopic (exact) mass is 472 g/mol. The highest BCUT2D eigenvalue weighted by atomic mass is 16.5. The quantitative estimate of drug-likeness (QED) is 0.466. The summed E-state index contributed by atoms with van der Waals surface area (Å²) in [5.41, 5.74) is 9.44. The molecule has 3 aromatic carbocycles. The molecule has 180 valence electrons. The molecule has 0 saturated heterocycles. The summed E-state index contributed by atoms with van der Waals surface area (Å²) in [4.78, 5) is 39.0. The lowest BCUT2D eigenvalue weighted by Crippen LogP contribution is -2.50. The standard InChI is InChI=1S/C27H28N4O4/c1-2-35-23-13-11-22(12-14-23)30-27(34)18-7-9-21(10-8-18)29-25(32)17-31-16-20-6-4-3-5-19(20)15-24(31)26(28)33/h3-14,24H,2,15-17H2,1H3,(H2,28,33)(H,29,32)(H,30,34)/t24-/m0/s1.